The highest BCUT2D eigenvalue weighted by Crippen LogP contribution is 2.42. The molecule has 3 N–H and O–H groups in total. The summed E-state index contributed by atoms with van der Waals surface area (Å²) in [7, 11) is 0. The van der Waals surface area contributed by atoms with Crippen molar-refractivity contribution in [1.82, 2.24) is 10.6 Å². The molecule has 0 unspecified atom stereocenters. The number of hydrogen-bond acceptors (Lipinski definition) is 5. The summed E-state index contributed by atoms with van der Waals surface area (Å²) < 4.78 is 12.0. The number of rotatable bonds is 16. The fraction of sp³-hybridized carbons (Fsp3) is 0.452. The Morgan fingerprint density at radius 2 is 1.92 bits per heavy atom. The molecule has 0 heterocycles. The number of benzene rings is 2. The monoisotopic (exact) mass is 506 g/mol. The van der Waals surface area contributed by atoms with Gasteiger partial charge in [-0.1, -0.05) is 48.6 Å². The van der Waals surface area contributed by atoms with E-state index in [0.29, 0.717) is 26.0 Å². The van der Waals surface area contributed by atoms with E-state index in [-0.39, 0.29) is 24.2 Å². The quantitative estimate of drug-likeness (QED) is 0.216. The number of allylic oxidation sites excluding steroid dienone is 1. The molecule has 0 fully saturated rings. The normalized spacial score (nSPS) is 18.2. The first kappa shape index (κ1) is 28.6. The maximum Gasteiger partial charge on any atom is 0.220 e. The Labute approximate surface area is 221 Å². The van der Waals surface area contributed by atoms with Crippen LogP contribution in [-0.4, -0.2) is 42.4 Å². The molecule has 6 heteroatoms. The van der Waals surface area contributed by atoms with Crippen molar-refractivity contribution in [3.8, 4) is 5.75 Å². The Morgan fingerprint density at radius 3 is 2.62 bits per heavy atom. The van der Waals surface area contributed by atoms with Crippen LogP contribution in [0.15, 0.2) is 73.8 Å². The summed E-state index contributed by atoms with van der Waals surface area (Å²) in [5, 5.41) is 17.8. The molecule has 0 aliphatic heterocycles. The fourth-order valence-corrected chi connectivity index (χ4v) is 4.74. The van der Waals surface area contributed by atoms with Gasteiger partial charge in [0.1, 0.15) is 5.75 Å². The average Bonchev–Trinajstić information content (AvgIpc) is 3.22. The zero-order chi connectivity index (χ0) is 26.6. The number of aliphatic hydroxyl groups is 1. The topological polar surface area (TPSA) is 79.8 Å². The molecule has 4 atom stereocenters. The van der Waals surface area contributed by atoms with Crippen LogP contribution in [-0.2, 0) is 16.0 Å². The summed E-state index contributed by atoms with van der Waals surface area (Å²) in [6, 6.07) is 15.6. The van der Waals surface area contributed by atoms with Gasteiger partial charge in [-0.05, 0) is 68.4 Å². The summed E-state index contributed by atoms with van der Waals surface area (Å²) in [6.07, 6.45) is 6.07. The van der Waals surface area contributed by atoms with E-state index in [1.54, 1.807) is 6.08 Å². The summed E-state index contributed by atoms with van der Waals surface area (Å²) in [5.74, 6) is 0.764. The number of hydrogen-bond donors (Lipinski definition) is 3. The predicted molar refractivity (Wildman–Crippen MR) is 149 cm³/mol. The molecule has 0 spiro atoms. The van der Waals surface area contributed by atoms with Crippen LogP contribution in [0.2, 0.25) is 0 Å². The third-order valence-electron chi connectivity index (χ3n) is 6.51. The highest BCUT2D eigenvalue weighted by molar-refractivity contribution is 5.76. The summed E-state index contributed by atoms with van der Waals surface area (Å²) >= 11 is 0. The van der Waals surface area contributed by atoms with Gasteiger partial charge < -0.3 is 25.2 Å². The van der Waals surface area contributed by atoms with Crippen LogP contribution in [0.25, 0.3) is 0 Å². The van der Waals surface area contributed by atoms with Gasteiger partial charge in [0.15, 0.2) is 0 Å². The van der Waals surface area contributed by atoms with Crippen molar-refractivity contribution in [3.63, 3.8) is 0 Å². The van der Waals surface area contributed by atoms with Crippen molar-refractivity contribution in [2.24, 2.45) is 0 Å². The van der Waals surface area contributed by atoms with Crippen molar-refractivity contribution in [3.05, 3.63) is 90.5 Å². The molecular weight excluding hydrogens is 464 g/mol. The van der Waals surface area contributed by atoms with Crippen molar-refractivity contribution >= 4 is 5.91 Å². The maximum atomic E-state index is 12.6. The van der Waals surface area contributed by atoms with Gasteiger partial charge in [0.25, 0.3) is 0 Å². The third kappa shape index (κ3) is 8.85. The third-order valence-corrected chi connectivity index (χ3v) is 6.51. The second kappa shape index (κ2) is 14.7. The number of ether oxygens (including phenoxy) is 2. The molecular formula is C31H42N2O4. The standard InChI is InChI=1S/C31H42N2O4/c1-5-7-9-14-31(35)33-28(18-23-12-10-8-11-13-23)29(34)21-32-27-20-30(36-17-6-2)25-16-15-24(19-26(25)27)37-22(3)4/h5-6,8,10-13,15-16,19,22,27-30,32,34H,1-2,7,9,14,17-18,20-21H2,3-4H3,(H,33,35)/t27-,28-,29-,30+/m0/s1. The van der Waals surface area contributed by atoms with Crippen molar-refractivity contribution < 1.29 is 19.4 Å². The van der Waals surface area contributed by atoms with E-state index in [1.165, 1.54) is 0 Å². The lowest BCUT2D eigenvalue weighted by atomic mass is 10.00. The van der Waals surface area contributed by atoms with E-state index >= 15 is 0 Å². The minimum Gasteiger partial charge on any atom is -0.491 e. The molecule has 0 bridgehead atoms. The second-order valence-electron chi connectivity index (χ2n) is 9.88. The van der Waals surface area contributed by atoms with Gasteiger partial charge >= 0.3 is 0 Å². The Kier molecular flexibility index (Phi) is 11.4. The van der Waals surface area contributed by atoms with Gasteiger partial charge in [0, 0.05) is 19.0 Å². The van der Waals surface area contributed by atoms with Crippen molar-refractivity contribution in [1.29, 1.82) is 0 Å². The summed E-state index contributed by atoms with van der Waals surface area (Å²) in [4.78, 5) is 12.6. The highest BCUT2D eigenvalue weighted by Gasteiger charge is 2.33. The van der Waals surface area contributed by atoms with Gasteiger partial charge in [-0.15, -0.1) is 13.2 Å². The Bertz CT molecular complexity index is 1010. The van der Waals surface area contributed by atoms with Gasteiger partial charge in [0.05, 0.1) is 31.0 Å². The number of carbonyl (C=O) groups is 1. The molecule has 2 aromatic rings. The lowest BCUT2D eigenvalue weighted by Gasteiger charge is -2.26. The van der Waals surface area contributed by atoms with Crippen molar-refractivity contribution in [2.45, 2.75) is 76.3 Å². The van der Waals surface area contributed by atoms with Crippen LogP contribution in [0, 0.1) is 0 Å². The van der Waals surface area contributed by atoms with Crippen molar-refractivity contribution in [2.75, 3.05) is 13.2 Å². The molecule has 0 radical (unpaired) electrons. The number of nitrogens with one attached hydrogen (secondary N) is 2. The largest absolute Gasteiger partial charge is 0.491 e. The Morgan fingerprint density at radius 1 is 1.14 bits per heavy atom. The Balaban J connectivity index is 1.70. The zero-order valence-corrected chi connectivity index (χ0v) is 22.2. The van der Waals surface area contributed by atoms with Gasteiger partial charge in [0.2, 0.25) is 5.91 Å². The highest BCUT2D eigenvalue weighted by atomic mass is 16.5. The molecule has 1 amide bonds. The van der Waals surface area contributed by atoms with E-state index in [0.717, 1.165) is 41.7 Å². The first-order chi connectivity index (χ1) is 17.9. The predicted octanol–water partition coefficient (Wildman–Crippen LogP) is 5.20. The summed E-state index contributed by atoms with van der Waals surface area (Å²) in [6.45, 7) is 12.3. The van der Waals surface area contributed by atoms with E-state index in [2.05, 4.69) is 35.9 Å². The number of carbonyl (C=O) groups excluding carboxylic acids is 1. The van der Waals surface area contributed by atoms with E-state index in [4.69, 9.17) is 9.47 Å². The van der Waals surface area contributed by atoms with Crippen LogP contribution < -0.4 is 15.4 Å². The molecule has 1 aliphatic carbocycles. The van der Waals surface area contributed by atoms with Crippen LogP contribution in [0.1, 0.15) is 68.4 Å². The van der Waals surface area contributed by atoms with E-state index < -0.39 is 12.1 Å². The van der Waals surface area contributed by atoms with E-state index in [1.807, 2.05) is 56.3 Å². The molecule has 0 aromatic heterocycles. The minimum atomic E-state index is -0.768. The van der Waals surface area contributed by atoms with Crippen LogP contribution >= 0.6 is 0 Å². The Hall–Kier alpha value is -2.93. The lowest BCUT2D eigenvalue weighted by molar-refractivity contribution is -0.122. The minimum absolute atomic E-state index is 0.00385. The molecule has 0 saturated heterocycles. The fourth-order valence-electron chi connectivity index (χ4n) is 4.74. The molecule has 6 nitrogen and oxygen atoms in total. The number of aliphatic hydroxyl groups excluding tert-OH is 1. The smallest absolute Gasteiger partial charge is 0.220 e. The van der Waals surface area contributed by atoms with Crippen LogP contribution in [0.5, 0.6) is 5.75 Å². The number of unbranched alkanes of at least 4 members (excludes halogenated alkanes) is 1. The summed E-state index contributed by atoms with van der Waals surface area (Å²) in [5.41, 5.74) is 3.31. The molecule has 1 aliphatic rings. The number of fused-ring (bicyclic) bond motifs is 1. The molecule has 2 aromatic carbocycles. The zero-order valence-electron chi connectivity index (χ0n) is 22.2. The van der Waals surface area contributed by atoms with E-state index in [9.17, 15) is 9.90 Å². The lowest BCUT2D eigenvalue weighted by Crippen LogP contribution is -2.49. The first-order valence-corrected chi connectivity index (χ1v) is 13.3. The SMILES string of the molecule is C=CCCCC(=O)N[C@@H](Cc1ccccc1)[C@@H](O)CN[C@H]1C[C@@H](OCC=C)c2ccc(OC(C)C)cc21. The average molecular weight is 507 g/mol. The second-order valence-corrected chi connectivity index (χ2v) is 9.88. The van der Waals surface area contributed by atoms with Crippen LogP contribution in [0.3, 0.4) is 0 Å². The van der Waals surface area contributed by atoms with Gasteiger partial charge in [-0.3, -0.25) is 4.79 Å². The first-order valence-electron chi connectivity index (χ1n) is 13.3. The maximum absolute atomic E-state index is 12.6. The molecule has 200 valence electrons. The molecule has 0 saturated carbocycles. The molecule has 37 heavy (non-hydrogen) atoms. The number of amides is 1. The van der Waals surface area contributed by atoms with Gasteiger partial charge in [-0.25, -0.2) is 0 Å². The van der Waals surface area contributed by atoms with Gasteiger partial charge in [-0.2, -0.15) is 0 Å². The molecule has 3 rings (SSSR count). The van der Waals surface area contributed by atoms with Crippen LogP contribution in [0.4, 0.5) is 0 Å².